The van der Waals surface area contributed by atoms with Crippen molar-refractivity contribution in [2.24, 2.45) is 17.8 Å². The number of nitrogens with zero attached hydrogens (tertiary/aromatic N) is 4. The highest BCUT2D eigenvalue weighted by Crippen LogP contribution is 2.47. The lowest BCUT2D eigenvalue weighted by molar-refractivity contribution is -0.121. The van der Waals surface area contributed by atoms with E-state index in [2.05, 4.69) is 53.2 Å². The van der Waals surface area contributed by atoms with Crippen LogP contribution < -0.4 is 4.90 Å². The summed E-state index contributed by atoms with van der Waals surface area (Å²) in [6, 6.07) is 17.9. The Kier molecular flexibility index (Phi) is 30.0. The van der Waals surface area contributed by atoms with Gasteiger partial charge in [0, 0.05) is 17.0 Å². The fourth-order valence-corrected chi connectivity index (χ4v) is 13.6. The van der Waals surface area contributed by atoms with Crippen LogP contribution in [-0.2, 0) is 11.3 Å². The first-order valence-corrected chi connectivity index (χ1v) is 32.6. The summed E-state index contributed by atoms with van der Waals surface area (Å²) in [5.41, 5.74) is 6.62. The number of fused-ring (bicyclic) bond motifs is 5. The molecule has 6 rings (SSSR count). The number of aromatic nitrogens is 3. The molecule has 0 bridgehead atoms. The van der Waals surface area contributed by atoms with Gasteiger partial charge in [0.15, 0.2) is 0 Å². The van der Waals surface area contributed by atoms with Gasteiger partial charge in [0.05, 0.1) is 24.0 Å². The maximum absolute atomic E-state index is 14.2. The van der Waals surface area contributed by atoms with Gasteiger partial charge in [-0.1, -0.05) is 331 Å². The van der Waals surface area contributed by atoms with Gasteiger partial charge < -0.3 is 4.90 Å². The zero-order valence-electron chi connectivity index (χ0n) is 47.9. The number of carbonyl (C=O) groups excluding carboxylic acids is 1. The van der Waals surface area contributed by atoms with Crippen molar-refractivity contribution in [2.45, 2.75) is 322 Å². The summed E-state index contributed by atoms with van der Waals surface area (Å²) in [6.07, 6.45) is 64.6. The molecule has 0 spiro atoms. The Balaban J connectivity index is 1.33. The van der Waals surface area contributed by atoms with Crippen molar-refractivity contribution in [1.82, 2.24) is 15.0 Å². The maximum Gasteiger partial charge on any atom is 0.229 e. The zero-order valence-corrected chi connectivity index (χ0v) is 47.9. The fourth-order valence-electron chi connectivity index (χ4n) is 13.6. The molecule has 2 heterocycles. The smallest absolute Gasteiger partial charge is 0.229 e. The lowest BCUT2D eigenvalue weighted by Gasteiger charge is -2.36. The number of amides is 1. The second-order valence-electron chi connectivity index (χ2n) is 24.5. The van der Waals surface area contributed by atoms with E-state index in [0.29, 0.717) is 24.4 Å². The van der Waals surface area contributed by atoms with Crippen molar-refractivity contribution in [3.8, 4) is 22.5 Å². The summed E-state index contributed by atoms with van der Waals surface area (Å²) in [5, 5.41) is 10.8. The molecule has 73 heavy (non-hydrogen) atoms. The molecule has 2 aliphatic carbocycles. The standard InChI is InChI=1S/C68H112N4O/c1-58(2)68(73)71-57-61-53-45-46-54-62(61)67-65(63-55-47-48-56-64(63)71)69-70-72(67)66(59-49-41-37-33-29-25-21-17-13-9-5-3-6-10-14-18-22-26-30-34-38-42-50-59)60-51-43-39-35-31-27-23-19-15-11-7-4-8-12-16-20-24-28-32-36-40-44-52-60/h45-48,53-56,58-60,66H,3-44,49-52,57H2,1-2H3. The van der Waals surface area contributed by atoms with E-state index in [1.165, 1.54) is 312 Å². The van der Waals surface area contributed by atoms with Gasteiger partial charge in [-0.05, 0) is 49.1 Å². The molecule has 2 aromatic carbocycles. The summed E-state index contributed by atoms with van der Waals surface area (Å²) in [6.45, 7) is 4.64. The lowest BCUT2D eigenvalue weighted by Crippen LogP contribution is -2.35. The predicted molar refractivity (Wildman–Crippen MR) is 315 cm³/mol. The molecular weight excluding hydrogens is 889 g/mol. The molecule has 2 fully saturated rings. The second kappa shape index (κ2) is 36.9. The average molecular weight is 1000 g/mol. The van der Waals surface area contributed by atoms with Crippen molar-refractivity contribution < 1.29 is 4.79 Å². The van der Waals surface area contributed by atoms with E-state index in [0.717, 1.165) is 16.9 Å². The zero-order chi connectivity index (χ0) is 50.8. The molecule has 3 aliphatic rings. The molecule has 1 amide bonds. The topological polar surface area (TPSA) is 51.0 Å². The first-order valence-electron chi connectivity index (χ1n) is 32.6. The van der Waals surface area contributed by atoms with Gasteiger partial charge in [0.25, 0.3) is 0 Å². The molecule has 0 radical (unpaired) electrons. The van der Waals surface area contributed by atoms with Crippen LogP contribution in [0.3, 0.4) is 0 Å². The number of carbonyl (C=O) groups is 1. The Hall–Kier alpha value is -2.95. The molecule has 3 aromatic rings. The number of anilines is 1. The van der Waals surface area contributed by atoms with Gasteiger partial charge >= 0.3 is 0 Å². The SMILES string of the molecule is CC(C)C(=O)N1Cc2ccccc2-c2c(nnn2C(C2CCCCCCCCCCCCCCCCCCCCCCC2)C2CCCCCCCCCCCCCCCCCCCCCCC2)-c2ccccc21. The second-order valence-corrected chi connectivity index (χ2v) is 24.5. The highest BCUT2D eigenvalue weighted by molar-refractivity contribution is 6.00. The van der Waals surface area contributed by atoms with Crippen LogP contribution >= 0.6 is 0 Å². The number of para-hydroxylation sites is 1. The van der Waals surface area contributed by atoms with Crippen LogP contribution in [0.1, 0.15) is 321 Å². The third kappa shape index (κ3) is 21.5. The van der Waals surface area contributed by atoms with Crippen molar-refractivity contribution in [2.75, 3.05) is 4.90 Å². The summed E-state index contributed by atoms with van der Waals surface area (Å²) in [4.78, 5) is 16.2. The van der Waals surface area contributed by atoms with Gasteiger partial charge in [0.2, 0.25) is 5.91 Å². The third-order valence-electron chi connectivity index (χ3n) is 18.1. The number of hydrogen-bond acceptors (Lipinski definition) is 3. The summed E-state index contributed by atoms with van der Waals surface area (Å²) in [7, 11) is 0. The molecule has 0 unspecified atom stereocenters. The van der Waals surface area contributed by atoms with Crippen LogP contribution in [0.2, 0.25) is 0 Å². The maximum atomic E-state index is 14.2. The highest BCUT2D eigenvalue weighted by Gasteiger charge is 2.37. The summed E-state index contributed by atoms with van der Waals surface area (Å²) < 4.78 is 2.56. The van der Waals surface area contributed by atoms with E-state index < -0.39 is 0 Å². The van der Waals surface area contributed by atoms with E-state index in [1.807, 2.05) is 18.7 Å². The lowest BCUT2D eigenvalue weighted by atomic mass is 9.77. The average Bonchev–Trinajstić information content (AvgIpc) is 3.82. The van der Waals surface area contributed by atoms with Gasteiger partial charge in [-0.15, -0.1) is 5.10 Å². The molecule has 410 valence electrons. The van der Waals surface area contributed by atoms with Gasteiger partial charge in [0.1, 0.15) is 5.69 Å². The van der Waals surface area contributed by atoms with E-state index in [9.17, 15) is 4.79 Å². The van der Waals surface area contributed by atoms with Gasteiger partial charge in [-0.3, -0.25) is 4.79 Å². The highest BCUT2D eigenvalue weighted by atomic mass is 16.2. The minimum absolute atomic E-state index is 0.107. The molecule has 5 heteroatoms. The van der Waals surface area contributed by atoms with Crippen LogP contribution in [0.4, 0.5) is 5.69 Å². The van der Waals surface area contributed by atoms with E-state index in [4.69, 9.17) is 10.3 Å². The van der Waals surface area contributed by atoms with E-state index in [1.54, 1.807) is 0 Å². The Morgan fingerprint density at radius 1 is 0.411 bits per heavy atom. The molecule has 5 nitrogen and oxygen atoms in total. The first-order chi connectivity index (χ1) is 36.1. The van der Waals surface area contributed by atoms with E-state index >= 15 is 0 Å². The quantitative estimate of drug-likeness (QED) is 0.262. The predicted octanol–water partition coefficient (Wildman–Crippen LogP) is 21.9. The molecule has 0 saturated heterocycles. The Morgan fingerprint density at radius 2 is 0.712 bits per heavy atom. The molecule has 1 aromatic heterocycles. The van der Waals surface area contributed by atoms with E-state index in [-0.39, 0.29) is 11.8 Å². The number of rotatable bonds is 4. The summed E-state index contributed by atoms with van der Waals surface area (Å²) >= 11 is 0. The van der Waals surface area contributed by atoms with Crippen molar-refractivity contribution in [3.63, 3.8) is 0 Å². The molecule has 2 saturated carbocycles. The minimum Gasteiger partial charge on any atom is -0.307 e. The van der Waals surface area contributed by atoms with Crippen molar-refractivity contribution >= 4 is 11.6 Å². The third-order valence-corrected chi connectivity index (χ3v) is 18.1. The van der Waals surface area contributed by atoms with Gasteiger partial charge in [-0.2, -0.15) is 0 Å². The monoisotopic (exact) mass is 1000 g/mol. The normalized spacial score (nSPS) is 21.3. The fraction of sp³-hybridized carbons (Fsp3) is 0.779. The Morgan fingerprint density at radius 3 is 1.05 bits per heavy atom. The van der Waals surface area contributed by atoms with Crippen molar-refractivity contribution in [1.29, 1.82) is 0 Å². The molecular formula is C68H112N4O. The molecule has 0 atom stereocenters. The van der Waals surface area contributed by atoms with Crippen LogP contribution in [0, 0.1) is 17.8 Å². The summed E-state index contributed by atoms with van der Waals surface area (Å²) in [5.74, 6) is 1.19. The van der Waals surface area contributed by atoms with Crippen LogP contribution in [-0.4, -0.2) is 20.9 Å². The Labute approximate surface area is 450 Å². The van der Waals surface area contributed by atoms with Crippen LogP contribution in [0.5, 0.6) is 0 Å². The van der Waals surface area contributed by atoms with Gasteiger partial charge in [-0.25, -0.2) is 4.68 Å². The molecule has 1 aliphatic heterocycles. The molecule has 0 N–H and O–H groups in total. The van der Waals surface area contributed by atoms with Crippen LogP contribution in [0.15, 0.2) is 48.5 Å². The van der Waals surface area contributed by atoms with Crippen molar-refractivity contribution in [3.05, 3.63) is 54.1 Å². The number of hydrogen-bond donors (Lipinski definition) is 0. The number of benzene rings is 2. The Bertz CT molecular complexity index is 1760. The van der Waals surface area contributed by atoms with Crippen LogP contribution in [0.25, 0.3) is 22.5 Å². The minimum atomic E-state index is -0.107. The first kappa shape index (κ1) is 59.3. The largest absolute Gasteiger partial charge is 0.307 e.